The third kappa shape index (κ3) is 2.89. The number of carbonyl (C=O) groups excluding carboxylic acids is 1. The van der Waals surface area contributed by atoms with Crippen molar-refractivity contribution < 1.29 is 9.53 Å². The molecule has 4 nitrogen and oxygen atoms in total. The maximum Gasteiger partial charge on any atom is 0.335 e. The van der Waals surface area contributed by atoms with Gasteiger partial charge in [-0.15, -0.1) is 23.2 Å². The minimum absolute atomic E-state index is 0.307. The molecule has 20 heavy (non-hydrogen) atoms. The van der Waals surface area contributed by atoms with Gasteiger partial charge in [0.15, 0.2) is 0 Å². The second kappa shape index (κ2) is 6.06. The molecule has 0 aromatic heterocycles. The Morgan fingerprint density at radius 2 is 2.05 bits per heavy atom. The second-order valence-corrected chi connectivity index (χ2v) is 6.42. The van der Waals surface area contributed by atoms with Crippen molar-refractivity contribution in [2.45, 2.75) is 16.8 Å². The number of ether oxygens (including phenoxy) is 1. The van der Waals surface area contributed by atoms with Gasteiger partial charge < -0.3 is 4.74 Å². The molecule has 110 valence electrons. The van der Waals surface area contributed by atoms with Gasteiger partial charge in [0.1, 0.15) is 6.61 Å². The molecule has 0 radical (unpaired) electrons. The van der Waals surface area contributed by atoms with Gasteiger partial charge in [0.05, 0.1) is 22.4 Å². The summed E-state index contributed by atoms with van der Waals surface area (Å²) in [6, 6.07) is 0.307. The van der Waals surface area contributed by atoms with E-state index in [9.17, 15) is 4.79 Å². The molecule has 3 heterocycles. The van der Waals surface area contributed by atoms with Gasteiger partial charge in [-0.3, -0.25) is 9.80 Å². The van der Waals surface area contributed by atoms with E-state index >= 15 is 0 Å². The van der Waals surface area contributed by atoms with Gasteiger partial charge in [-0.2, -0.15) is 0 Å². The van der Waals surface area contributed by atoms with Crippen molar-refractivity contribution in [2.75, 3.05) is 39.3 Å². The Labute approximate surface area is 128 Å². The normalized spacial score (nSPS) is 39.5. The van der Waals surface area contributed by atoms with Crippen LogP contribution in [-0.2, 0) is 9.53 Å². The molecule has 0 aromatic carbocycles. The van der Waals surface area contributed by atoms with E-state index < -0.39 is 5.38 Å². The predicted molar refractivity (Wildman–Crippen MR) is 79.3 cm³/mol. The molecule has 3 fully saturated rings. The highest BCUT2D eigenvalue weighted by molar-refractivity contribution is 6.34. The third-order valence-corrected chi connectivity index (χ3v) is 5.22. The van der Waals surface area contributed by atoms with Gasteiger partial charge in [-0.1, -0.05) is 18.2 Å². The summed E-state index contributed by atoms with van der Waals surface area (Å²) in [6.45, 7) is 5.78. The van der Waals surface area contributed by atoms with Gasteiger partial charge in [-0.25, -0.2) is 4.79 Å². The van der Waals surface area contributed by atoms with Gasteiger partial charge in [0.2, 0.25) is 0 Å². The van der Waals surface area contributed by atoms with E-state index in [1.807, 2.05) is 0 Å². The Morgan fingerprint density at radius 1 is 1.30 bits per heavy atom. The summed E-state index contributed by atoms with van der Waals surface area (Å²) in [4.78, 5) is 16.9. The molecule has 6 heteroatoms. The number of alkyl halides is 2. The van der Waals surface area contributed by atoms with E-state index in [0.29, 0.717) is 18.2 Å². The fourth-order valence-corrected chi connectivity index (χ4v) is 3.41. The molecule has 0 spiro atoms. The van der Waals surface area contributed by atoms with Gasteiger partial charge in [-0.05, 0) is 0 Å². The first-order valence-corrected chi connectivity index (χ1v) is 7.82. The van der Waals surface area contributed by atoms with Crippen LogP contribution >= 0.6 is 23.2 Å². The number of hydrogen-bond donors (Lipinski definition) is 0. The fraction of sp³-hybridized carbons (Fsp3) is 0.643. The van der Waals surface area contributed by atoms with Crippen molar-refractivity contribution in [1.82, 2.24) is 9.80 Å². The van der Waals surface area contributed by atoms with E-state index in [1.54, 1.807) is 18.2 Å². The van der Waals surface area contributed by atoms with Crippen molar-refractivity contribution in [3.8, 4) is 0 Å². The molecular weight excluding hydrogens is 299 g/mol. The van der Waals surface area contributed by atoms with Crippen LogP contribution in [0.3, 0.4) is 0 Å². The first kappa shape index (κ1) is 14.4. The maximum absolute atomic E-state index is 12.1. The lowest BCUT2D eigenvalue weighted by molar-refractivity contribution is -0.142. The molecule has 0 saturated carbocycles. The molecule has 4 rings (SSSR count). The van der Waals surface area contributed by atoms with E-state index in [1.165, 1.54) is 0 Å². The van der Waals surface area contributed by atoms with Crippen molar-refractivity contribution in [3.05, 3.63) is 23.8 Å². The molecular formula is C14H18Cl2N2O2. The van der Waals surface area contributed by atoms with Crippen molar-refractivity contribution >= 4 is 29.2 Å². The van der Waals surface area contributed by atoms with Crippen LogP contribution in [0.25, 0.3) is 0 Å². The van der Waals surface area contributed by atoms with Crippen LogP contribution in [0, 0.1) is 0 Å². The highest BCUT2D eigenvalue weighted by atomic mass is 35.5. The Hall–Kier alpha value is -0.550. The van der Waals surface area contributed by atoms with Crippen LogP contribution in [0.4, 0.5) is 0 Å². The number of fused-ring (bicyclic) bond motifs is 3. The van der Waals surface area contributed by atoms with Crippen molar-refractivity contribution in [1.29, 1.82) is 0 Å². The summed E-state index contributed by atoms with van der Waals surface area (Å²) in [6.07, 6.45) is 5.22. The third-order valence-electron chi connectivity index (χ3n) is 4.18. The minimum Gasteiger partial charge on any atom is -0.461 e. The van der Waals surface area contributed by atoms with Crippen molar-refractivity contribution in [3.63, 3.8) is 0 Å². The summed E-state index contributed by atoms with van der Waals surface area (Å²) in [5.41, 5.74) is 0.449. The predicted octanol–water partition coefficient (Wildman–Crippen LogP) is 1.24. The molecule has 1 aliphatic carbocycles. The molecule has 0 amide bonds. The molecule has 3 unspecified atom stereocenters. The second-order valence-electron chi connectivity index (χ2n) is 5.44. The Morgan fingerprint density at radius 3 is 2.70 bits per heavy atom. The molecule has 0 N–H and O–H groups in total. The number of carbonyl (C=O) groups is 1. The van der Waals surface area contributed by atoms with Gasteiger partial charge in [0, 0.05) is 32.7 Å². The highest BCUT2D eigenvalue weighted by Gasteiger charge is 2.33. The molecule has 3 aliphatic heterocycles. The summed E-state index contributed by atoms with van der Waals surface area (Å²) in [7, 11) is 0. The zero-order chi connectivity index (χ0) is 14.1. The lowest BCUT2D eigenvalue weighted by Crippen LogP contribution is -2.62. The molecule has 3 atom stereocenters. The highest BCUT2D eigenvalue weighted by Crippen LogP contribution is 2.25. The standard InChI is InChI=1S/C14H18Cl2N2O2/c15-12-3-1-2-11(13(12)16)14(19)20-9-10-8-17-4-6-18(10)7-5-17/h1-3,10,12-13H,4-9H2. The number of piperazine rings is 3. The van der Waals surface area contributed by atoms with Crippen molar-refractivity contribution in [2.24, 2.45) is 0 Å². The first-order chi connectivity index (χ1) is 9.65. The van der Waals surface area contributed by atoms with Gasteiger partial charge >= 0.3 is 5.97 Å². The quantitative estimate of drug-likeness (QED) is 0.579. The zero-order valence-corrected chi connectivity index (χ0v) is 12.7. The first-order valence-electron chi connectivity index (χ1n) is 6.95. The maximum atomic E-state index is 12.1. The fourth-order valence-electron chi connectivity index (χ4n) is 2.94. The van der Waals surface area contributed by atoms with Crippen LogP contribution in [0.2, 0.25) is 0 Å². The molecule has 4 aliphatic rings. The monoisotopic (exact) mass is 316 g/mol. The van der Waals surface area contributed by atoms with E-state index in [4.69, 9.17) is 27.9 Å². The van der Waals surface area contributed by atoms with Crippen LogP contribution < -0.4 is 0 Å². The number of halogens is 2. The molecule has 0 aromatic rings. The smallest absolute Gasteiger partial charge is 0.335 e. The van der Waals surface area contributed by atoms with Gasteiger partial charge in [0.25, 0.3) is 0 Å². The number of esters is 1. The largest absolute Gasteiger partial charge is 0.461 e. The van der Waals surface area contributed by atoms with E-state index in [2.05, 4.69) is 9.80 Å². The zero-order valence-electron chi connectivity index (χ0n) is 11.2. The number of hydrogen-bond acceptors (Lipinski definition) is 4. The lowest BCUT2D eigenvalue weighted by atomic mass is 10.0. The van der Waals surface area contributed by atoms with Crippen LogP contribution in [0.5, 0.6) is 0 Å². The average Bonchev–Trinajstić information content (AvgIpc) is 2.49. The number of allylic oxidation sites excluding steroid dienone is 3. The summed E-state index contributed by atoms with van der Waals surface area (Å²) < 4.78 is 5.44. The Kier molecular flexibility index (Phi) is 4.36. The van der Waals surface area contributed by atoms with Crippen LogP contribution in [0.1, 0.15) is 0 Å². The summed E-state index contributed by atoms with van der Waals surface area (Å²) >= 11 is 12.2. The average molecular weight is 317 g/mol. The molecule has 3 saturated heterocycles. The summed E-state index contributed by atoms with van der Waals surface area (Å²) in [5, 5.41) is -0.870. The Balaban J connectivity index is 1.55. The minimum atomic E-state index is -0.513. The van der Waals surface area contributed by atoms with E-state index in [-0.39, 0.29) is 11.3 Å². The molecule has 2 bridgehead atoms. The van der Waals surface area contributed by atoms with Crippen LogP contribution in [0.15, 0.2) is 23.8 Å². The topological polar surface area (TPSA) is 32.8 Å². The van der Waals surface area contributed by atoms with E-state index in [0.717, 1.165) is 32.7 Å². The van der Waals surface area contributed by atoms with Crippen LogP contribution in [-0.4, -0.2) is 71.9 Å². The SMILES string of the molecule is O=C(OCC1CN2CCN1CC2)C1=CC=CC(Cl)C1Cl. The lowest BCUT2D eigenvalue weighted by Gasteiger charge is -2.47. The number of rotatable bonds is 3. The number of nitrogens with zero attached hydrogens (tertiary/aromatic N) is 2. The Bertz CT molecular complexity index is 444. The summed E-state index contributed by atoms with van der Waals surface area (Å²) in [5.74, 6) is -0.349.